The van der Waals surface area contributed by atoms with Gasteiger partial charge in [-0.15, -0.1) is 67.9 Å². The van der Waals surface area contributed by atoms with Crippen LogP contribution < -0.4 is 21.3 Å². The van der Waals surface area contributed by atoms with Crippen molar-refractivity contribution in [2.45, 2.75) is 39.5 Å². The molecule has 0 bridgehead atoms. The highest BCUT2D eigenvalue weighted by atomic mass is 79.9. The third-order valence-corrected chi connectivity index (χ3v) is 2.87. The normalized spacial score (nSPS) is 9.00. The van der Waals surface area contributed by atoms with Crippen LogP contribution >= 0.6 is 67.9 Å². The van der Waals surface area contributed by atoms with E-state index in [0.29, 0.717) is 0 Å². The van der Waals surface area contributed by atoms with Crippen molar-refractivity contribution in [2.24, 2.45) is 0 Å². The molecule has 4 N–H and O–H groups in total. The molecule has 0 amide bonds. The van der Waals surface area contributed by atoms with E-state index in [0.717, 1.165) is 52.4 Å². The maximum atomic E-state index is 3.49. The van der Waals surface area contributed by atoms with Crippen molar-refractivity contribution in [1.82, 2.24) is 21.3 Å². The van der Waals surface area contributed by atoms with Crippen molar-refractivity contribution in [3.63, 3.8) is 0 Å². The molecule has 0 saturated carbocycles. The number of hydrogen-bond donors (Lipinski definition) is 4. The second kappa shape index (κ2) is 34.2. The molecule has 0 aromatic carbocycles. The molecule has 0 saturated heterocycles. The highest BCUT2D eigenvalue weighted by Gasteiger charge is 1.91. The second-order valence-electron chi connectivity index (χ2n) is 4.62. The summed E-state index contributed by atoms with van der Waals surface area (Å²) in [6, 6.07) is 0. The summed E-state index contributed by atoms with van der Waals surface area (Å²) in [6.07, 6.45) is 5.02. The van der Waals surface area contributed by atoms with Crippen LogP contribution in [0.1, 0.15) is 39.5 Å². The molecule has 0 aliphatic heterocycles. The maximum Gasteiger partial charge on any atom is -0.00368 e. The van der Waals surface area contributed by atoms with E-state index in [-0.39, 0.29) is 67.9 Å². The quantitative estimate of drug-likeness (QED) is 0.224. The van der Waals surface area contributed by atoms with E-state index in [1.165, 1.54) is 25.7 Å². The molecular weight excluding hydrogens is 544 g/mol. The molecule has 0 aromatic rings. The first-order chi connectivity index (χ1) is 8.91. The number of halogens is 4. The molecule has 0 heterocycles. The lowest BCUT2D eigenvalue weighted by Gasteiger charge is -2.07. The third-order valence-electron chi connectivity index (χ3n) is 2.87. The fourth-order valence-corrected chi connectivity index (χ4v) is 1.78. The zero-order valence-electron chi connectivity index (χ0n) is 14.1. The SMILES string of the molecule is Br.Br.Br.Br.CCNCCCCNCCCNCCCNCC. The van der Waals surface area contributed by atoms with E-state index in [9.17, 15) is 0 Å². The fourth-order valence-electron chi connectivity index (χ4n) is 1.78. The minimum absolute atomic E-state index is 0. The van der Waals surface area contributed by atoms with Crippen LogP contribution in [0.2, 0.25) is 0 Å². The summed E-state index contributed by atoms with van der Waals surface area (Å²) in [6.45, 7) is 13.3. The Bertz CT molecular complexity index is 141. The lowest BCUT2D eigenvalue weighted by molar-refractivity contribution is 0.552. The molecule has 0 aliphatic rings. The molecule has 0 rings (SSSR count). The van der Waals surface area contributed by atoms with Crippen molar-refractivity contribution in [3.8, 4) is 0 Å². The van der Waals surface area contributed by atoms with Crippen molar-refractivity contribution in [3.05, 3.63) is 0 Å². The molecule has 0 atom stereocenters. The first-order valence-electron chi connectivity index (χ1n) is 7.74. The van der Waals surface area contributed by atoms with E-state index in [1.54, 1.807) is 0 Å². The summed E-state index contributed by atoms with van der Waals surface area (Å²) in [7, 11) is 0. The molecule has 0 radical (unpaired) electrons. The van der Waals surface area contributed by atoms with Gasteiger partial charge >= 0.3 is 0 Å². The lowest BCUT2D eigenvalue weighted by atomic mass is 10.3. The number of hydrogen-bond acceptors (Lipinski definition) is 4. The average molecular weight is 582 g/mol. The summed E-state index contributed by atoms with van der Waals surface area (Å²) in [5.74, 6) is 0. The summed E-state index contributed by atoms with van der Waals surface area (Å²) in [5.41, 5.74) is 0. The van der Waals surface area contributed by atoms with Gasteiger partial charge < -0.3 is 21.3 Å². The monoisotopic (exact) mass is 578 g/mol. The molecule has 0 aromatic heterocycles. The summed E-state index contributed by atoms with van der Waals surface area (Å²) in [4.78, 5) is 0. The highest BCUT2D eigenvalue weighted by Crippen LogP contribution is 1.84. The van der Waals surface area contributed by atoms with Gasteiger partial charge in [0.25, 0.3) is 0 Å². The Morgan fingerprint density at radius 2 is 0.682 bits per heavy atom. The molecule has 22 heavy (non-hydrogen) atoms. The first kappa shape index (κ1) is 35.0. The molecule has 0 spiro atoms. The topological polar surface area (TPSA) is 48.1 Å². The van der Waals surface area contributed by atoms with E-state index in [4.69, 9.17) is 0 Å². The smallest absolute Gasteiger partial charge is 0.00368 e. The zero-order valence-corrected chi connectivity index (χ0v) is 21.0. The fraction of sp³-hybridized carbons (Fsp3) is 1.00. The van der Waals surface area contributed by atoms with Gasteiger partial charge in [-0.05, 0) is 78.0 Å². The standard InChI is InChI=1S/C14H34N4.4BrH/c1-3-15-9-5-6-10-17-13-8-14-18-12-7-11-16-4-2;;;;/h15-18H,3-14H2,1-2H3;4*1H. The zero-order chi connectivity index (χ0) is 13.3. The summed E-state index contributed by atoms with van der Waals surface area (Å²) >= 11 is 0. The summed E-state index contributed by atoms with van der Waals surface area (Å²) in [5, 5.41) is 13.6. The largest absolute Gasteiger partial charge is 0.317 e. The number of unbranched alkanes of at least 4 members (excludes halogenated alkanes) is 1. The van der Waals surface area contributed by atoms with E-state index >= 15 is 0 Å². The van der Waals surface area contributed by atoms with Gasteiger partial charge in [0.15, 0.2) is 0 Å². The van der Waals surface area contributed by atoms with Crippen LogP contribution in [0.5, 0.6) is 0 Å². The van der Waals surface area contributed by atoms with Crippen LogP contribution in [-0.4, -0.2) is 52.4 Å². The van der Waals surface area contributed by atoms with Gasteiger partial charge in [-0.1, -0.05) is 13.8 Å². The molecule has 4 nitrogen and oxygen atoms in total. The first-order valence-corrected chi connectivity index (χ1v) is 7.74. The van der Waals surface area contributed by atoms with Gasteiger partial charge in [0.1, 0.15) is 0 Å². The number of nitrogens with one attached hydrogen (secondary N) is 4. The van der Waals surface area contributed by atoms with Crippen molar-refractivity contribution in [1.29, 1.82) is 0 Å². The number of rotatable bonds is 15. The predicted octanol–water partition coefficient (Wildman–Crippen LogP) is 3.26. The Morgan fingerprint density at radius 3 is 1.05 bits per heavy atom. The third kappa shape index (κ3) is 33.4. The van der Waals surface area contributed by atoms with E-state index in [1.807, 2.05) is 0 Å². The minimum atomic E-state index is 0. The van der Waals surface area contributed by atoms with Crippen LogP contribution in [0.25, 0.3) is 0 Å². The van der Waals surface area contributed by atoms with Gasteiger partial charge in [0.2, 0.25) is 0 Å². The summed E-state index contributed by atoms with van der Waals surface area (Å²) < 4.78 is 0. The average Bonchev–Trinajstić information content (AvgIpc) is 2.39. The highest BCUT2D eigenvalue weighted by molar-refractivity contribution is 8.93. The van der Waals surface area contributed by atoms with Crippen LogP contribution in [-0.2, 0) is 0 Å². The van der Waals surface area contributed by atoms with Gasteiger partial charge in [0.05, 0.1) is 0 Å². The van der Waals surface area contributed by atoms with Crippen LogP contribution in [0.3, 0.4) is 0 Å². The van der Waals surface area contributed by atoms with Crippen molar-refractivity contribution >= 4 is 67.9 Å². The van der Waals surface area contributed by atoms with Gasteiger partial charge in [-0.3, -0.25) is 0 Å². The predicted molar refractivity (Wildman–Crippen MR) is 123 cm³/mol. The Balaban J connectivity index is -0.000000241. The Morgan fingerprint density at radius 1 is 0.409 bits per heavy atom. The lowest BCUT2D eigenvalue weighted by Crippen LogP contribution is -2.25. The van der Waals surface area contributed by atoms with E-state index in [2.05, 4.69) is 35.1 Å². The molecule has 0 unspecified atom stereocenters. The minimum Gasteiger partial charge on any atom is -0.317 e. The molecule has 0 fully saturated rings. The van der Waals surface area contributed by atoms with Gasteiger partial charge in [0, 0.05) is 0 Å². The van der Waals surface area contributed by atoms with Gasteiger partial charge in [-0.2, -0.15) is 0 Å². The van der Waals surface area contributed by atoms with Crippen LogP contribution in [0, 0.1) is 0 Å². The molecule has 0 aliphatic carbocycles. The molecule has 8 heteroatoms. The Kier molecular flexibility index (Phi) is 54.3. The Hall–Kier alpha value is 1.76. The van der Waals surface area contributed by atoms with Gasteiger partial charge in [-0.25, -0.2) is 0 Å². The van der Waals surface area contributed by atoms with Crippen LogP contribution in [0.4, 0.5) is 0 Å². The second-order valence-corrected chi connectivity index (χ2v) is 4.62. The van der Waals surface area contributed by atoms with Crippen molar-refractivity contribution in [2.75, 3.05) is 52.4 Å². The Labute approximate surface area is 180 Å². The molecular formula is C14H38Br4N4. The van der Waals surface area contributed by atoms with E-state index < -0.39 is 0 Å². The molecule has 142 valence electrons. The maximum absolute atomic E-state index is 3.49. The van der Waals surface area contributed by atoms with Crippen molar-refractivity contribution < 1.29 is 0 Å². The van der Waals surface area contributed by atoms with Crippen LogP contribution in [0.15, 0.2) is 0 Å².